The number of amides is 2. The van der Waals surface area contributed by atoms with Gasteiger partial charge < -0.3 is 15.3 Å². The molecule has 0 radical (unpaired) electrons. The molecule has 0 fully saturated rings. The van der Waals surface area contributed by atoms with Gasteiger partial charge in [-0.25, -0.2) is 4.79 Å². The molecule has 0 aliphatic heterocycles. The minimum atomic E-state index is -0.138. The van der Waals surface area contributed by atoms with E-state index in [4.69, 9.17) is 5.11 Å². The van der Waals surface area contributed by atoms with Crippen molar-refractivity contribution in [1.29, 1.82) is 0 Å². The normalized spacial score (nSPS) is 15.3. The van der Waals surface area contributed by atoms with Gasteiger partial charge in [0.1, 0.15) is 0 Å². The zero-order chi connectivity index (χ0) is 15.3. The first-order valence-corrected chi connectivity index (χ1v) is 7.39. The van der Waals surface area contributed by atoms with Crippen molar-refractivity contribution in [2.75, 3.05) is 26.2 Å². The SMILES string of the molecule is C=CCN(CCO)C(=O)NCC1(C)Cc2ccccc2C1. The highest BCUT2D eigenvalue weighted by Crippen LogP contribution is 2.35. The average Bonchev–Trinajstić information content (AvgIpc) is 2.81. The molecule has 0 aromatic heterocycles. The number of aliphatic hydroxyl groups is 1. The van der Waals surface area contributed by atoms with Crippen LogP contribution in [0.4, 0.5) is 4.79 Å². The van der Waals surface area contributed by atoms with E-state index in [2.05, 4.69) is 43.1 Å². The maximum Gasteiger partial charge on any atom is 0.317 e. The lowest BCUT2D eigenvalue weighted by Crippen LogP contribution is -2.45. The predicted octanol–water partition coefficient (Wildman–Crippen LogP) is 1.98. The van der Waals surface area contributed by atoms with Crippen LogP contribution in [-0.4, -0.2) is 42.3 Å². The van der Waals surface area contributed by atoms with Crippen molar-refractivity contribution in [3.05, 3.63) is 48.0 Å². The molecule has 114 valence electrons. The molecule has 0 spiro atoms. The van der Waals surface area contributed by atoms with E-state index in [1.165, 1.54) is 11.1 Å². The second kappa shape index (κ2) is 6.76. The molecule has 0 atom stereocenters. The van der Waals surface area contributed by atoms with Crippen LogP contribution in [0.3, 0.4) is 0 Å². The average molecular weight is 288 g/mol. The number of aliphatic hydroxyl groups excluding tert-OH is 1. The largest absolute Gasteiger partial charge is 0.395 e. The molecule has 4 heteroatoms. The minimum Gasteiger partial charge on any atom is -0.395 e. The summed E-state index contributed by atoms with van der Waals surface area (Å²) in [5.74, 6) is 0. The van der Waals surface area contributed by atoms with E-state index in [-0.39, 0.29) is 18.1 Å². The molecular weight excluding hydrogens is 264 g/mol. The van der Waals surface area contributed by atoms with E-state index in [1.54, 1.807) is 11.0 Å². The molecule has 2 rings (SSSR count). The smallest absolute Gasteiger partial charge is 0.317 e. The van der Waals surface area contributed by atoms with E-state index < -0.39 is 0 Å². The van der Waals surface area contributed by atoms with Gasteiger partial charge in [0.25, 0.3) is 0 Å². The summed E-state index contributed by atoms with van der Waals surface area (Å²) < 4.78 is 0. The topological polar surface area (TPSA) is 52.6 Å². The van der Waals surface area contributed by atoms with Crippen molar-refractivity contribution in [1.82, 2.24) is 10.2 Å². The Morgan fingerprint density at radius 1 is 1.43 bits per heavy atom. The molecule has 0 saturated heterocycles. The van der Waals surface area contributed by atoms with Gasteiger partial charge in [-0.3, -0.25) is 0 Å². The molecule has 0 unspecified atom stereocenters. The summed E-state index contributed by atoms with van der Waals surface area (Å²) in [7, 11) is 0. The summed E-state index contributed by atoms with van der Waals surface area (Å²) in [6, 6.07) is 8.32. The molecule has 21 heavy (non-hydrogen) atoms. The Balaban J connectivity index is 1.91. The Hall–Kier alpha value is -1.81. The fourth-order valence-electron chi connectivity index (χ4n) is 2.96. The number of rotatable bonds is 6. The van der Waals surface area contributed by atoms with E-state index >= 15 is 0 Å². The molecule has 4 nitrogen and oxygen atoms in total. The maximum absolute atomic E-state index is 12.2. The number of hydrogen-bond donors (Lipinski definition) is 2. The number of benzene rings is 1. The van der Waals surface area contributed by atoms with Crippen LogP contribution in [-0.2, 0) is 12.8 Å². The third-order valence-electron chi connectivity index (χ3n) is 4.03. The lowest BCUT2D eigenvalue weighted by atomic mass is 9.87. The molecule has 1 aromatic carbocycles. The highest BCUT2D eigenvalue weighted by atomic mass is 16.3. The van der Waals surface area contributed by atoms with Crippen LogP contribution >= 0.6 is 0 Å². The van der Waals surface area contributed by atoms with Crippen LogP contribution in [0.25, 0.3) is 0 Å². The van der Waals surface area contributed by atoms with Crippen LogP contribution in [0, 0.1) is 5.41 Å². The Morgan fingerprint density at radius 3 is 2.57 bits per heavy atom. The van der Waals surface area contributed by atoms with Crippen molar-refractivity contribution in [3.63, 3.8) is 0 Å². The van der Waals surface area contributed by atoms with Crippen LogP contribution in [0.15, 0.2) is 36.9 Å². The van der Waals surface area contributed by atoms with Gasteiger partial charge >= 0.3 is 6.03 Å². The zero-order valence-electron chi connectivity index (χ0n) is 12.6. The van der Waals surface area contributed by atoms with Gasteiger partial charge in [-0.1, -0.05) is 37.3 Å². The van der Waals surface area contributed by atoms with Crippen molar-refractivity contribution >= 4 is 6.03 Å². The number of urea groups is 1. The minimum absolute atomic E-state index is 0.0377. The number of carbonyl (C=O) groups excluding carboxylic acids is 1. The van der Waals surface area contributed by atoms with Crippen LogP contribution < -0.4 is 5.32 Å². The van der Waals surface area contributed by atoms with Crippen LogP contribution in [0.2, 0.25) is 0 Å². The second-order valence-electron chi connectivity index (χ2n) is 6.05. The molecule has 0 heterocycles. The van der Waals surface area contributed by atoms with Gasteiger partial charge in [0, 0.05) is 19.6 Å². The number of hydrogen-bond acceptors (Lipinski definition) is 2. The summed E-state index contributed by atoms with van der Waals surface area (Å²) in [5.41, 5.74) is 2.83. The highest BCUT2D eigenvalue weighted by molar-refractivity contribution is 5.74. The summed E-state index contributed by atoms with van der Waals surface area (Å²) in [4.78, 5) is 13.7. The first-order valence-electron chi connectivity index (χ1n) is 7.39. The number of nitrogens with zero attached hydrogens (tertiary/aromatic N) is 1. The molecule has 1 aliphatic carbocycles. The third-order valence-corrected chi connectivity index (χ3v) is 4.03. The van der Waals surface area contributed by atoms with Gasteiger partial charge in [-0.2, -0.15) is 0 Å². The third kappa shape index (κ3) is 3.85. The second-order valence-corrected chi connectivity index (χ2v) is 6.05. The highest BCUT2D eigenvalue weighted by Gasteiger charge is 2.33. The molecule has 2 amide bonds. The lowest BCUT2D eigenvalue weighted by molar-refractivity contribution is 0.178. The Kier molecular flexibility index (Phi) is 5.02. The van der Waals surface area contributed by atoms with Gasteiger partial charge in [0.05, 0.1) is 6.61 Å². The monoisotopic (exact) mass is 288 g/mol. The van der Waals surface area contributed by atoms with Crippen molar-refractivity contribution in [2.24, 2.45) is 5.41 Å². The number of fused-ring (bicyclic) bond motifs is 1. The summed E-state index contributed by atoms with van der Waals surface area (Å²) in [5, 5.41) is 12.0. The maximum atomic E-state index is 12.2. The lowest BCUT2D eigenvalue weighted by Gasteiger charge is -2.27. The van der Waals surface area contributed by atoms with Gasteiger partial charge in [0.2, 0.25) is 0 Å². The zero-order valence-corrected chi connectivity index (χ0v) is 12.6. The predicted molar refractivity (Wildman–Crippen MR) is 84.2 cm³/mol. The molecule has 0 saturated carbocycles. The first kappa shape index (κ1) is 15.6. The van der Waals surface area contributed by atoms with Gasteiger partial charge in [-0.15, -0.1) is 6.58 Å². The van der Waals surface area contributed by atoms with Gasteiger partial charge in [0.15, 0.2) is 0 Å². The Bertz CT molecular complexity index is 488. The van der Waals surface area contributed by atoms with Crippen molar-refractivity contribution in [2.45, 2.75) is 19.8 Å². The molecule has 2 N–H and O–H groups in total. The van der Waals surface area contributed by atoms with E-state index in [9.17, 15) is 4.79 Å². The van der Waals surface area contributed by atoms with Crippen LogP contribution in [0.5, 0.6) is 0 Å². The van der Waals surface area contributed by atoms with Crippen molar-refractivity contribution in [3.8, 4) is 0 Å². The summed E-state index contributed by atoms with van der Waals surface area (Å²) in [6.07, 6.45) is 3.65. The van der Waals surface area contributed by atoms with E-state index in [0.29, 0.717) is 19.6 Å². The molecule has 0 bridgehead atoms. The fraction of sp³-hybridized carbons (Fsp3) is 0.471. The van der Waals surface area contributed by atoms with Crippen molar-refractivity contribution < 1.29 is 9.90 Å². The number of carbonyl (C=O) groups is 1. The summed E-state index contributed by atoms with van der Waals surface area (Å²) in [6.45, 7) is 7.22. The molecule has 1 aromatic rings. The Labute approximate surface area is 126 Å². The quantitative estimate of drug-likeness (QED) is 0.787. The standard InChI is InChI=1S/C17H24N2O2/c1-3-8-19(9-10-20)16(21)18-13-17(2)11-14-6-4-5-7-15(14)12-17/h3-7,20H,1,8-13H2,2H3,(H,18,21). The number of nitrogens with one attached hydrogen (secondary N) is 1. The Morgan fingerprint density at radius 2 is 2.05 bits per heavy atom. The van der Waals surface area contributed by atoms with Gasteiger partial charge in [-0.05, 0) is 29.4 Å². The van der Waals surface area contributed by atoms with Crippen LogP contribution in [0.1, 0.15) is 18.1 Å². The summed E-state index contributed by atoms with van der Waals surface area (Å²) >= 11 is 0. The molecular formula is C17H24N2O2. The van der Waals surface area contributed by atoms with E-state index in [0.717, 1.165) is 12.8 Å². The first-order chi connectivity index (χ1) is 10.1. The fourth-order valence-corrected chi connectivity index (χ4v) is 2.96. The molecule has 1 aliphatic rings. The van der Waals surface area contributed by atoms with E-state index in [1.807, 2.05) is 0 Å².